The maximum Gasteiger partial charge on any atom is 0.329 e. The van der Waals surface area contributed by atoms with Crippen LogP contribution in [-0.2, 0) is 16.0 Å². The fourth-order valence-electron chi connectivity index (χ4n) is 3.26. The van der Waals surface area contributed by atoms with Crippen molar-refractivity contribution in [2.24, 2.45) is 5.92 Å². The van der Waals surface area contributed by atoms with E-state index >= 15 is 0 Å². The fraction of sp³-hybridized carbons (Fsp3) is 0.619. The number of thioether (sulfide) groups is 1. The number of carbonyl (C=O) groups excluding carboxylic acids is 2. The van der Waals surface area contributed by atoms with Gasteiger partial charge in [0.2, 0.25) is 0 Å². The lowest BCUT2D eigenvalue weighted by atomic mass is 10.0. The van der Waals surface area contributed by atoms with Crippen LogP contribution >= 0.6 is 11.8 Å². The molecule has 1 amide bonds. The SMILES string of the molecule is CCCCCc1ccc(C(=O)N2C(C(=O)OCC)CSC2C(C)C)cc1. The van der Waals surface area contributed by atoms with Gasteiger partial charge >= 0.3 is 5.97 Å². The molecule has 0 N–H and O–H groups in total. The fourth-order valence-corrected chi connectivity index (χ4v) is 4.73. The van der Waals surface area contributed by atoms with E-state index in [2.05, 4.69) is 20.8 Å². The van der Waals surface area contributed by atoms with E-state index < -0.39 is 6.04 Å². The molecule has 5 heteroatoms. The van der Waals surface area contributed by atoms with Gasteiger partial charge in [-0.3, -0.25) is 4.79 Å². The van der Waals surface area contributed by atoms with E-state index in [4.69, 9.17) is 4.74 Å². The largest absolute Gasteiger partial charge is 0.464 e. The Morgan fingerprint density at radius 3 is 2.46 bits per heavy atom. The zero-order valence-corrected chi connectivity index (χ0v) is 17.2. The quantitative estimate of drug-likeness (QED) is 0.493. The maximum atomic E-state index is 13.2. The minimum absolute atomic E-state index is 0.00105. The predicted molar refractivity (Wildman–Crippen MR) is 107 cm³/mol. The number of carbonyl (C=O) groups is 2. The Labute approximate surface area is 161 Å². The molecule has 1 aromatic rings. The smallest absolute Gasteiger partial charge is 0.329 e. The normalized spacial score (nSPS) is 19.8. The molecule has 4 nitrogen and oxygen atoms in total. The van der Waals surface area contributed by atoms with E-state index in [9.17, 15) is 9.59 Å². The van der Waals surface area contributed by atoms with Gasteiger partial charge in [-0.05, 0) is 43.4 Å². The van der Waals surface area contributed by atoms with E-state index in [0.717, 1.165) is 6.42 Å². The molecule has 1 aromatic carbocycles. The van der Waals surface area contributed by atoms with Crippen LogP contribution in [0.3, 0.4) is 0 Å². The van der Waals surface area contributed by atoms with Crippen LogP contribution in [0.25, 0.3) is 0 Å². The van der Waals surface area contributed by atoms with Crippen molar-refractivity contribution in [2.75, 3.05) is 12.4 Å². The molecule has 0 aromatic heterocycles. The summed E-state index contributed by atoms with van der Waals surface area (Å²) in [4.78, 5) is 27.2. The van der Waals surface area contributed by atoms with Crippen LogP contribution in [0.2, 0.25) is 0 Å². The first-order chi connectivity index (χ1) is 12.5. The van der Waals surface area contributed by atoms with Crippen molar-refractivity contribution in [2.45, 2.75) is 64.8 Å². The highest BCUT2D eigenvalue weighted by atomic mass is 32.2. The molecule has 0 aliphatic carbocycles. The van der Waals surface area contributed by atoms with Crippen molar-refractivity contribution < 1.29 is 14.3 Å². The maximum absolute atomic E-state index is 13.2. The number of nitrogens with zero attached hydrogens (tertiary/aromatic N) is 1. The number of aryl methyl sites for hydroxylation is 1. The molecule has 0 saturated carbocycles. The third kappa shape index (κ3) is 5.03. The standard InChI is InChI=1S/C21H31NO3S/c1-5-7-8-9-16-10-12-17(13-11-16)19(23)22-18(21(24)25-6-2)14-26-20(22)15(3)4/h10-13,15,18,20H,5-9,14H2,1-4H3. The summed E-state index contributed by atoms with van der Waals surface area (Å²) < 4.78 is 5.20. The summed E-state index contributed by atoms with van der Waals surface area (Å²) in [6, 6.07) is 7.37. The van der Waals surface area contributed by atoms with E-state index in [-0.39, 0.29) is 23.2 Å². The van der Waals surface area contributed by atoms with Crippen molar-refractivity contribution in [3.8, 4) is 0 Å². The van der Waals surface area contributed by atoms with Crippen LogP contribution < -0.4 is 0 Å². The van der Waals surface area contributed by atoms with Crippen molar-refractivity contribution in [1.29, 1.82) is 0 Å². The number of hydrogen-bond acceptors (Lipinski definition) is 4. The molecular weight excluding hydrogens is 346 g/mol. The van der Waals surface area contributed by atoms with Crippen LogP contribution in [0.15, 0.2) is 24.3 Å². The molecule has 2 unspecified atom stereocenters. The Morgan fingerprint density at radius 2 is 1.88 bits per heavy atom. The van der Waals surface area contributed by atoms with E-state index in [1.807, 2.05) is 24.3 Å². The number of unbranched alkanes of at least 4 members (excludes halogenated alkanes) is 2. The molecule has 1 aliphatic rings. The third-order valence-electron chi connectivity index (χ3n) is 4.67. The summed E-state index contributed by atoms with van der Waals surface area (Å²) in [6.45, 7) is 8.50. The lowest BCUT2D eigenvalue weighted by Crippen LogP contribution is -2.47. The van der Waals surface area contributed by atoms with Crippen molar-refractivity contribution >= 4 is 23.6 Å². The number of benzene rings is 1. The lowest BCUT2D eigenvalue weighted by Gasteiger charge is -2.30. The highest BCUT2D eigenvalue weighted by Gasteiger charge is 2.43. The lowest BCUT2D eigenvalue weighted by molar-refractivity contribution is -0.147. The molecule has 0 radical (unpaired) electrons. The first-order valence-electron chi connectivity index (χ1n) is 9.69. The number of rotatable bonds is 8. The summed E-state index contributed by atoms with van der Waals surface area (Å²) in [5.74, 6) is 0.499. The van der Waals surface area contributed by atoms with Crippen molar-refractivity contribution in [1.82, 2.24) is 4.90 Å². The number of amides is 1. The monoisotopic (exact) mass is 377 g/mol. The van der Waals surface area contributed by atoms with Gasteiger partial charge in [-0.25, -0.2) is 4.79 Å². The Balaban J connectivity index is 2.16. The van der Waals surface area contributed by atoms with Gasteiger partial charge < -0.3 is 9.64 Å². The van der Waals surface area contributed by atoms with Crippen LogP contribution in [-0.4, -0.2) is 40.6 Å². The molecule has 1 saturated heterocycles. The van der Waals surface area contributed by atoms with Crippen molar-refractivity contribution in [3.05, 3.63) is 35.4 Å². The van der Waals surface area contributed by atoms with Gasteiger partial charge in [0.15, 0.2) is 0 Å². The highest BCUT2D eigenvalue weighted by Crippen LogP contribution is 2.35. The van der Waals surface area contributed by atoms with Crippen LogP contribution in [0.4, 0.5) is 0 Å². The van der Waals surface area contributed by atoms with Gasteiger partial charge in [0.25, 0.3) is 5.91 Å². The molecule has 2 rings (SSSR count). The van der Waals surface area contributed by atoms with Crippen LogP contribution in [0.1, 0.15) is 62.9 Å². The Bertz CT molecular complexity index is 600. The topological polar surface area (TPSA) is 46.6 Å². The minimum Gasteiger partial charge on any atom is -0.464 e. The Hall–Kier alpha value is -1.49. The predicted octanol–water partition coefficient (Wildman–Crippen LogP) is 4.52. The first-order valence-corrected chi connectivity index (χ1v) is 10.7. The summed E-state index contributed by atoms with van der Waals surface area (Å²) in [7, 11) is 0. The molecule has 144 valence electrons. The van der Waals surface area contributed by atoms with Gasteiger partial charge in [-0.15, -0.1) is 11.8 Å². The summed E-state index contributed by atoms with van der Waals surface area (Å²) in [6.07, 6.45) is 4.65. The second-order valence-electron chi connectivity index (χ2n) is 7.10. The number of hydrogen-bond donors (Lipinski definition) is 0. The van der Waals surface area contributed by atoms with E-state index in [0.29, 0.717) is 17.9 Å². The highest BCUT2D eigenvalue weighted by molar-refractivity contribution is 8.00. The average molecular weight is 378 g/mol. The average Bonchev–Trinajstić information content (AvgIpc) is 3.07. The van der Waals surface area contributed by atoms with Gasteiger partial charge in [0, 0.05) is 11.3 Å². The molecular formula is C21H31NO3S. The number of ether oxygens (including phenoxy) is 1. The molecule has 0 bridgehead atoms. The summed E-state index contributed by atoms with van der Waals surface area (Å²) in [5, 5.41) is 0.00105. The molecule has 1 heterocycles. The second-order valence-corrected chi connectivity index (χ2v) is 8.25. The Kier molecular flexibility index (Phi) is 8.01. The molecule has 1 fully saturated rings. The number of esters is 1. The van der Waals surface area contributed by atoms with Gasteiger partial charge in [-0.1, -0.05) is 45.7 Å². The minimum atomic E-state index is -0.496. The van der Waals surface area contributed by atoms with Gasteiger partial charge in [0.1, 0.15) is 6.04 Å². The second kappa shape index (κ2) is 10.0. The Morgan fingerprint density at radius 1 is 1.19 bits per heavy atom. The third-order valence-corrected chi connectivity index (χ3v) is 6.29. The van der Waals surface area contributed by atoms with Crippen LogP contribution in [0.5, 0.6) is 0 Å². The van der Waals surface area contributed by atoms with E-state index in [1.54, 1.807) is 23.6 Å². The van der Waals surface area contributed by atoms with E-state index in [1.165, 1.54) is 24.8 Å². The molecule has 2 atom stereocenters. The molecule has 1 aliphatic heterocycles. The molecule has 0 spiro atoms. The summed E-state index contributed by atoms with van der Waals surface area (Å²) >= 11 is 1.66. The molecule has 26 heavy (non-hydrogen) atoms. The first kappa shape index (κ1) is 20.8. The van der Waals surface area contributed by atoms with Crippen molar-refractivity contribution in [3.63, 3.8) is 0 Å². The van der Waals surface area contributed by atoms with Gasteiger partial charge in [0.05, 0.1) is 12.0 Å². The zero-order valence-electron chi connectivity index (χ0n) is 16.4. The van der Waals surface area contributed by atoms with Gasteiger partial charge in [-0.2, -0.15) is 0 Å². The van der Waals surface area contributed by atoms with Crippen LogP contribution in [0, 0.1) is 5.92 Å². The zero-order chi connectivity index (χ0) is 19.1. The summed E-state index contributed by atoms with van der Waals surface area (Å²) in [5.41, 5.74) is 1.90.